The van der Waals surface area contributed by atoms with E-state index < -0.39 is 5.91 Å². The number of aromatic nitrogens is 2. The number of carbonyl (C=O) groups is 3. The highest BCUT2D eigenvalue weighted by Crippen LogP contribution is 2.25. The van der Waals surface area contributed by atoms with Crippen LogP contribution in [0.1, 0.15) is 23.7 Å². The van der Waals surface area contributed by atoms with E-state index >= 15 is 0 Å². The topological polar surface area (TPSA) is 110 Å². The van der Waals surface area contributed by atoms with Crippen molar-refractivity contribution in [3.63, 3.8) is 0 Å². The van der Waals surface area contributed by atoms with E-state index in [1.807, 2.05) is 6.07 Å². The van der Waals surface area contributed by atoms with E-state index in [0.717, 1.165) is 5.52 Å². The van der Waals surface area contributed by atoms with Crippen LogP contribution >= 0.6 is 0 Å². The second-order valence-electron chi connectivity index (χ2n) is 6.37. The first kappa shape index (κ1) is 19.1. The van der Waals surface area contributed by atoms with Gasteiger partial charge < -0.3 is 15.2 Å². The highest BCUT2D eigenvalue weighted by atomic mass is 16.2. The molecule has 3 N–H and O–H groups in total. The van der Waals surface area contributed by atoms with Gasteiger partial charge in [-0.15, -0.1) is 0 Å². The standard InChI is InChI=1S/C20H21N5O3/c1-13(26)24(2)15-8-9-17-16(12-15)22-20(25(17)11-10-18(21)27)23-19(28)14-6-4-3-5-7-14/h3-9,12H,10-11H2,1-2H3,(H2,21,27)(H,22,23,28). The summed E-state index contributed by atoms with van der Waals surface area (Å²) in [4.78, 5) is 41.4. The smallest absolute Gasteiger partial charge is 0.257 e. The molecule has 8 nitrogen and oxygen atoms in total. The summed E-state index contributed by atoms with van der Waals surface area (Å²) in [5, 5.41) is 2.79. The molecule has 0 atom stereocenters. The van der Waals surface area contributed by atoms with Crippen molar-refractivity contribution in [3.05, 3.63) is 54.1 Å². The molecule has 0 bridgehead atoms. The van der Waals surface area contributed by atoms with Crippen molar-refractivity contribution in [3.8, 4) is 0 Å². The summed E-state index contributed by atoms with van der Waals surface area (Å²) in [6.07, 6.45) is 0.106. The van der Waals surface area contributed by atoms with E-state index in [-0.39, 0.29) is 24.8 Å². The number of nitrogens with two attached hydrogens (primary N) is 1. The number of nitrogens with one attached hydrogen (secondary N) is 1. The van der Waals surface area contributed by atoms with Crippen LogP contribution in [0.25, 0.3) is 11.0 Å². The number of hydrogen-bond donors (Lipinski definition) is 2. The van der Waals surface area contributed by atoms with Gasteiger partial charge in [-0.05, 0) is 30.3 Å². The number of benzene rings is 2. The molecule has 0 fully saturated rings. The van der Waals surface area contributed by atoms with Crippen LogP contribution in [0.5, 0.6) is 0 Å². The minimum absolute atomic E-state index is 0.106. The molecule has 28 heavy (non-hydrogen) atoms. The molecule has 0 spiro atoms. The molecule has 0 aliphatic rings. The highest BCUT2D eigenvalue weighted by molar-refractivity contribution is 6.04. The van der Waals surface area contributed by atoms with E-state index in [9.17, 15) is 14.4 Å². The molecule has 0 aliphatic carbocycles. The lowest BCUT2D eigenvalue weighted by Gasteiger charge is -2.14. The van der Waals surface area contributed by atoms with Crippen molar-refractivity contribution in [1.82, 2.24) is 9.55 Å². The molecule has 0 saturated heterocycles. The summed E-state index contributed by atoms with van der Waals surface area (Å²) in [5.74, 6) is -0.551. The van der Waals surface area contributed by atoms with Crippen LogP contribution in [-0.2, 0) is 16.1 Å². The normalized spacial score (nSPS) is 10.6. The van der Waals surface area contributed by atoms with Crippen molar-refractivity contribution < 1.29 is 14.4 Å². The van der Waals surface area contributed by atoms with Crippen molar-refractivity contribution in [2.45, 2.75) is 19.9 Å². The molecule has 3 aromatic rings. The van der Waals surface area contributed by atoms with Gasteiger partial charge in [0.15, 0.2) is 0 Å². The lowest BCUT2D eigenvalue weighted by molar-refractivity contribution is -0.118. The molecule has 3 amide bonds. The summed E-state index contributed by atoms with van der Waals surface area (Å²) >= 11 is 0. The molecule has 144 valence electrons. The largest absolute Gasteiger partial charge is 0.370 e. The van der Waals surface area contributed by atoms with E-state index in [1.54, 1.807) is 54.1 Å². The van der Waals surface area contributed by atoms with Crippen molar-refractivity contribution in [1.29, 1.82) is 0 Å². The molecule has 0 radical (unpaired) electrons. The Morgan fingerprint density at radius 2 is 1.86 bits per heavy atom. The van der Waals surface area contributed by atoms with E-state index in [4.69, 9.17) is 5.73 Å². The first-order chi connectivity index (χ1) is 13.4. The van der Waals surface area contributed by atoms with Crippen LogP contribution in [0, 0.1) is 0 Å². The van der Waals surface area contributed by atoms with E-state index in [2.05, 4.69) is 10.3 Å². The van der Waals surface area contributed by atoms with Gasteiger partial charge in [0.25, 0.3) is 5.91 Å². The quantitative estimate of drug-likeness (QED) is 0.683. The summed E-state index contributed by atoms with van der Waals surface area (Å²) in [5.41, 5.74) is 7.79. The minimum Gasteiger partial charge on any atom is -0.370 e. The Morgan fingerprint density at radius 3 is 2.50 bits per heavy atom. The Hall–Kier alpha value is -3.68. The fraction of sp³-hybridized carbons (Fsp3) is 0.200. The molecular formula is C20H21N5O3. The molecule has 0 saturated carbocycles. The van der Waals surface area contributed by atoms with Crippen molar-refractivity contribution in [2.24, 2.45) is 5.73 Å². The number of carbonyl (C=O) groups excluding carboxylic acids is 3. The number of hydrogen-bond acceptors (Lipinski definition) is 4. The Kier molecular flexibility index (Phi) is 5.39. The van der Waals surface area contributed by atoms with Gasteiger partial charge in [-0.3, -0.25) is 19.7 Å². The summed E-state index contributed by atoms with van der Waals surface area (Å²) in [6, 6.07) is 14.1. The second kappa shape index (κ2) is 7.91. The average molecular weight is 379 g/mol. The fourth-order valence-corrected chi connectivity index (χ4v) is 2.82. The van der Waals surface area contributed by atoms with Gasteiger partial charge in [-0.2, -0.15) is 0 Å². The van der Waals surface area contributed by atoms with E-state index in [0.29, 0.717) is 22.7 Å². The number of anilines is 2. The molecule has 1 aromatic heterocycles. The first-order valence-electron chi connectivity index (χ1n) is 8.76. The SMILES string of the molecule is CC(=O)N(C)c1ccc2c(c1)nc(NC(=O)c1ccccc1)n2CCC(N)=O. The van der Waals surface area contributed by atoms with Crippen LogP contribution in [0.4, 0.5) is 11.6 Å². The summed E-state index contributed by atoms with van der Waals surface area (Å²) in [7, 11) is 1.67. The molecule has 1 heterocycles. The predicted octanol–water partition coefficient (Wildman–Crippen LogP) is 2.15. The molecule has 3 rings (SSSR count). The number of aryl methyl sites for hydroxylation is 1. The van der Waals surface area contributed by atoms with Gasteiger partial charge in [0.1, 0.15) is 0 Å². The summed E-state index contributed by atoms with van der Waals surface area (Å²) in [6.45, 7) is 1.75. The lowest BCUT2D eigenvalue weighted by atomic mass is 10.2. The van der Waals surface area contributed by atoms with Crippen LogP contribution < -0.4 is 16.0 Å². The highest BCUT2D eigenvalue weighted by Gasteiger charge is 2.16. The Balaban J connectivity index is 2.01. The molecule has 8 heteroatoms. The molecular weight excluding hydrogens is 358 g/mol. The predicted molar refractivity (Wildman–Crippen MR) is 107 cm³/mol. The third kappa shape index (κ3) is 4.01. The van der Waals surface area contributed by atoms with Gasteiger partial charge in [-0.1, -0.05) is 18.2 Å². The zero-order chi connectivity index (χ0) is 20.3. The number of imidazole rings is 1. The van der Waals surface area contributed by atoms with Crippen LogP contribution in [0.2, 0.25) is 0 Å². The molecule has 0 aliphatic heterocycles. The lowest BCUT2D eigenvalue weighted by Crippen LogP contribution is -2.22. The molecule has 2 aromatic carbocycles. The number of amides is 3. The van der Waals surface area contributed by atoms with E-state index in [1.165, 1.54) is 11.8 Å². The van der Waals surface area contributed by atoms with Crippen LogP contribution in [0.15, 0.2) is 48.5 Å². The maximum atomic E-state index is 12.5. The minimum atomic E-state index is -0.449. The van der Waals surface area contributed by atoms with Crippen LogP contribution in [0.3, 0.4) is 0 Å². The van der Waals surface area contributed by atoms with Gasteiger partial charge in [0.05, 0.1) is 11.0 Å². The zero-order valence-electron chi connectivity index (χ0n) is 15.7. The maximum absolute atomic E-state index is 12.5. The Bertz CT molecular complexity index is 1040. The van der Waals surface area contributed by atoms with Gasteiger partial charge in [0.2, 0.25) is 17.8 Å². The number of nitrogens with zero attached hydrogens (tertiary/aromatic N) is 3. The van der Waals surface area contributed by atoms with Crippen LogP contribution in [-0.4, -0.2) is 34.3 Å². The van der Waals surface area contributed by atoms with Gasteiger partial charge in [0, 0.05) is 38.2 Å². The van der Waals surface area contributed by atoms with Crippen molar-refractivity contribution in [2.75, 3.05) is 17.3 Å². The average Bonchev–Trinajstić information content (AvgIpc) is 3.02. The summed E-state index contributed by atoms with van der Waals surface area (Å²) < 4.78 is 1.73. The maximum Gasteiger partial charge on any atom is 0.257 e. The second-order valence-corrected chi connectivity index (χ2v) is 6.37. The number of rotatable bonds is 6. The zero-order valence-corrected chi connectivity index (χ0v) is 15.7. The number of fused-ring (bicyclic) bond motifs is 1. The fourth-order valence-electron chi connectivity index (χ4n) is 2.82. The Labute approximate surface area is 161 Å². The third-order valence-corrected chi connectivity index (χ3v) is 4.43. The van der Waals surface area contributed by atoms with Gasteiger partial charge in [-0.25, -0.2) is 4.98 Å². The number of primary amides is 1. The Morgan fingerprint density at radius 1 is 1.14 bits per heavy atom. The van der Waals surface area contributed by atoms with Gasteiger partial charge >= 0.3 is 0 Å². The first-order valence-corrected chi connectivity index (χ1v) is 8.76. The van der Waals surface area contributed by atoms with Crippen molar-refractivity contribution >= 4 is 40.4 Å². The monoisotopic (exact) mass is 379 g/mol. The molecule has 0 unspecified atom stereocenters. The third-order valence-electron chi connectivity index (χ3n) is 4.43.